The molecule has 0 aliphatic heterocycles. The molecule has 0 saturated heterocycles. The second kappa shape index (κ2) is 5.86. The van der Waals surface area contributed by atoms with Gasteiger partial charge in [-0.15, -0.1) is 23.7 Å². The normalized spacial score (nSPS) is 11.2. The molecule has 0 radical (unpaired) electrons. The molecule has 0 bridgehead atoms. The first kappa shape index (κ1) is 15.9. The van der Waals surface area contributed by atoms with E-state index in [0.29, 0.717) is 6.54 Å². The number of fused-ring (bicyclic) bond motifs is 1. The van der Waals surface area contributed by atoms with Gasteiger partial charge in [-0.25, -0.2) is 4.98 Å². The number of aryl methyl sites for hydroxylation is 1. The van der Waals surface area contributed by atoms with Gasteiger partial charge in [-0.05, 0) is 39.0 Å². The van der Waals surface area contributed by atoms with Crippen molar-refractivity contribution in [2.45, 2.75) is 20.8 Å². The van der Waals surface area contributed by atoms with E-state index in [-0.39, 0.29) is 18.3 Å². The maximum absolute atomic E-state index is 12.0. The third-order valence-corrected chi connectivity index (χ3v) is 3.81. The number of thiazole rings is 1. The van der Waals surface area contributed by atoms with Crippen molar-refractivity contribution in [2.75, 3.05) is 11.9 Å². The molecule has 6 heteroatoms. The average Bonchev–Trinajstić information content (AvgIpc) is 2.68. The first-order valence-electron chi connectivity index (χ1n) is 5.81. The fourth-order valence-electron chi connectivity index (χ4n) is 1.51. The van der Waals surface area contributed by atoms with Crippen molar-refractivity contribution in [1.82, 2.24) is 4.98 Å². The Morgan fingerprint density at radius 1 is 1.47 bits per heavy atom. The molecule has 1 aromatic heterocycles. The van der Waals surface area contributed by atoms with E-state index in [0.717, 1.165) is 20.9 Å². The molecule has 104 valence electrons. The highest BCUT2D eigenvalue weighted by atomic mass is 35.5. The van der Waals surface area contributed by atoms with Crippen LogP contribution in [-0.4, -0.2) is 17.4 Å². The predicted octanol–water partition coefficient (Wildman–Crippen LogP) is 2.95. The summed E-state index contributed by atoms with van der Waals surface area (Å²) in [6, 6.07) is 5.74. The van der Waals surface area contributed by atoms with E-state index < -0.39 is 5.41 Å². The van der Waals surface area contributed by atoms with E-state index in [9.17, 15) is 4.79 Å². The molecular formula is C13H18ClN3OS. The number of nitrogens with zero attached hydrogens (tertiary/aromatic N) is 1. The van der Waals surface area contributed by atoms with Crippen molar-refractivity contribution in [3.05, 3.63) is 23.2 Å². The van der Waals surface area contributed by atoms with Crippen LogP contribution < -0.4 is 11.1 Å². The molecule has 2 aromatic rings. The van der Waals surface area contributed by atoms with Gasteiger partial charge in [-0.1, -0.05) is 0 Å². The second-order valence-electron chi connectivity index (χ2n) is 4.96. The Balaban J connectivity index is 0.00000180. The molecule has 0 atom stereocenters. The van der Waals surface area contributed by atoms with Crippen LogP contribution in [0.5, 0.6) is 0 Å². The lowest BCUT2D eigenvalue weighted by Crippen LogP contribution is -2.37. The van der Waals surface area contributed by atoms with Crippen molar-refractivity contribution in [3.63, 3.8) is 0 Å². The van der Waals surface area contributed by atoms with E-state index in [1.807, 2.05) is 39.0 Å². The van der Waals surface area contributed by atoms with Crippen molar-refractivity contribution < 1.29 is 4.79 Å². The number of carbonyl (C=O) groups is 1. The number of carbonyl (C=O) groups excluding carboxylic acids is 1. The Kier molecular flexibility index (Phi) is 4.90. The number of nitrogens with two attached hydrogens (primary N) is 1. The van der Waals surface area contributed by atoms with Crippen LogP contribution in [0.15, 0.2) is 18.2 Å². The van der Waals surface area contributed by atoms with Crippen molar-refractivity contribution in [1.29, 1.82) is 0 Å². The summed E-state index contributed by atoms with van der Waals surface area (Å²) in [6.07, 6.45) is 0. The summed E-state index contributed by atoms with van der Waals surface area (Å²) in [5.41, 5.74) is 6.78. The van der Waals surface area contributed by atoms with Gasteiger partial charge in [0.05, 0.1) is 20.6 Å². The van der Waals surface area contributed by atoms with Crippen molar-refractivity contribution in [2.24, 2.45) is 11.1 Å². The Labute approximate surface area is 122 Å². The molecule has 4 nitrogen and oxygen atoms in total. The van der Waals surface area contributed by atoms with Crippen LogP contribution in [0.3, 0.4) is 0 Å². The highest BCUT2D eigenvalue weighted by Crippen LogP contribution is 2.25. The summed E-state index contributed by atoms with van der Waals surface area (Å²) in [5, 5.41) is 3.92. The molecule has 1 heterocycles. The van der Waals surface area contributed by atoms with Gasteiger partial charge in [0.1, 0.15) is 0 Å². The standard InChI is InChI=1S/C13H17N3OS.ClH/c1-8-15-10-5-4-9(6-11(10)18-8)16-12(17)13(2,3)7-14;/h4-6H,7,14H2,1-3H3,(H,16,17);1H. The Morgan fingerprint density at radius 2 is 2.16 bits per heavy atom. The fourth-order valence-corrected chi connectivity index (χ4v) is 2.38. The topological polar surface area (TPSA) is 68.0 Å². The predicted molar refractivity (Wildman–Crippen MR) is 83.1 cm³/mol. The van der Waals surface area contributed by atoms with Crippen LogP contribution in [0.4, 0.5) is 5.69 Å². The van der Waals surface area contributed by atoms with Gasteiger partial charge in [0.2, 0.25) is 5.91 Å². The third kappa shape index (κ3) is 3.43. The maximum Gasteiger partial charge on any atom is 0.231 e. The zero-order valence-corrected chi connectivity index (χ0v) is 12.8. The Bertz CT molecular complexity index is 595. The highest BCUT2D eigenvalue weighted by molar-refractivity contribution is 7.18. The van der Waals surface area contributed by atoms with Gasteiger partial charge in [0.25, 0.3) is 0 Å². The summed E-state index contributed by atoms with van der Waals surface area (Å²) in [5.74, 6) is -0.0643. The quantitative estimate of drug-likeness (QED) is 0.915. The first-order valence-corrected chi connectivity index (χ1v) is 6.63. The van der Waals surface area contributed by atoms with Crippen molar-refractivity contribution >= 4 is 45.6 Å². The van der Waals surface area contributed by atoms with Crippen LogP contribution in [0.25, 0.3) is 10.2 Å². The molecule has 0 aliphatic rings. The maximum atomic E-state index is 12.0. The third-order valence-electron chi connectivity index (χ3n) is 2.88. The van der Waals surface area contributed by atoms with Gasteiger partial charge in [-0.3, -0.25) is 4.79 Å². The lowest BCUT2D eigenvalue weighted by molar-refractivity contribution is -0.123. The molecule has 2 rings (SSSR count). The number of anilines is 1. The molecule has 1 aromatic carbocycles. The van der Waals surface area contributed by atoms with E-state index in [1.165, 1.54) is 0 Å². The molecule has 0 fully saturated rings. The van der Waals surface area contributed by atoms with Crippen molar-refractivity contribution in [3.8, 4) is 0 Å². The highest BCUT2D eigenvalue weighted by Gasteiger charge is 2.25. The smallest absolute Gasteiger partial charge is 0.231 e. The van der Waals surface area contributed by atoms with Crippen LogP contribution in [0.2, 0.25) is 0 Å². The number of rotatable bonds is 3. The minimum Gasteiger partial charge on any atom is -0.329 e. The lowest BCUT2D eigenvalue weighted by atomic mass is 9.92. The number of halogens is 1. The number of amides is 1. The van der Waals surface area contributed by atoms with Gasteiger partial charge in [0.15, 0.2) is 0 Å². The fraction of sp³-hybridized carbons (Fsp3) is 0.385. The Hall–Kier alpha value is -1.17. The van der Waals surface area contributed by atoms with E-state index in [4.69, 9.17) is 5.73 Å². The summed E-state index contributed by atoms with van der Waals surface area (Å²) in [4.78, 5) is 16.4. The van der Waals surface area contributed by atoms with Gasteiger partial charge in [0, 0.05) is 12.2 Å². The monoisotopic (exact) mass is 299 g/mol. The number of aromatic nitrogens is 1. The summed E-state index contributed by atoms with van der Waals surface area (Å²) < 4.78 is 1.08. The largest absolute Gasteiger partial charge is 0.329 e. The van der Waals surface area contributed by atoms with Crippen LogP contribution >= 0.6 is 23.7 Å². The molecule has 3 N–H and O–H groups in total. The molecule has 0 spiro atoms. The van der Waals surface area contributed by atoms with Crippen LogP contribution in [0, 0.1) is 12.3 Å². The number of nitrogens with one attached hydrogen (secondary N) is 1. The van der Waals surface area contributed by atoms with Gasteiger partial charge >= 0.3 is 0 Å². The van der Waals surface area contributed by atoms with E-state index in [1.54, 1.807) is 11.3 Å². The summed E-state index contributed by atoms with van der Waals surface area (Å²) in [7, 11) is 0. The molecule has 0 unspecified atom stereocenters. The molecule has 0 saturated carbocycles. The Morgan fingerprint density at radius 3 is 2.79 bits per heavy atom. The first-order chi connectivity index (χ1) is 8.42. The zero-order chi connectivity index (χ0) is 13.3. The van der Waals surface area contributed by atoms with E-state index >= 15 is 0 Å². The van der Waals surface area contributed by atoms with E-state index in [2.05, 4.69) is 10.3 Å². The average molecular weight is 300 g/mol. The van der Waals surface area contributed by atoms with Gasteiger partial charge < -0.3 is 11.1 Å². The molecule has 0 aliphatic carbocycles. The number of hydrogen-bond donors (Lipinski definition) is 2. The lowest BCUT2D eigenvalue weighted by Gasteiger charge is -2.21. The number of benzene rings is 1. The second-order valence-corrected chi connectivity index (χ2v) is 6.19. The molecular weight excluding hydrogens is 282 g/mol. The molecule has 19 heavy (non-hydrogen) atoms. The minimum atomic E-state index is -0.557. The van der Waals surface area contributed by atoms with Crippen LogP contribution in [-0.2, 0) is 4.79 Å². The summed E-state index contributed by atoms with van der Waals surface area (Å²) >= 11 is 1.62. The van der Waals surface area contributed by atoms with Crippen LogP contribution in [0.1, 0.15) is 18.9 Å². The zero-order valence-electron chi connectivity index (χ0n) is 11.2. The minimum absolute atomic E-state index is 0. The SMILES string of the molecule is Cc1nc2ccc(NC(=O)C(C)(C)CN)cc2s1.Cl. The van der Waals surface area contributed by atoms with Gasteiger partial charge in [-0.2, -0.15) is 0 Å². The molecule has 1 amide bonds. The summed E-state index contributed by atoms with van der Waals surface area (Å²) in [6.45, 7) is 5.95. The number of hydrogen-bond acceptors (Lipinski definition) is 4.